The Kier molecular flexibility index (Phi) is 5.27. The van der Waals surface area contributed by atoms with E-state index in [0.29, 0.717) is 18.6 Å². The number of para-hydroxylation sites is 1. The van der Waals surface area contributed by atoms with Crippen LogP contribution in [-0.4, -0.2) is 66.1 Å². The van der Waals surface area contributed by atoms with Crippen molar-refractivity contribution < 1.29 is 9.53 Å². The zero-order chi connectivity index (χ0) is 17.9. The Labute approximate surface area is 155 Å². The summed E-state index contributed by atoms with van der Waals surface area (Å²) in [5.74, 6) is 0.256. The van der Waals surface area contributed by atoms with Crippen molar-refractivity contribution in [2.75, 3.05) is 33.3 Å². The number of carbonyl (C=O) groups excluding carboxylic acids is 1. The number of methoxy groups -OCH3 is 1. The SMILES string of the molecule is COC1CCN(C2CCN(C(=O)Cc3c[nH]c4ccccc34)CC2)CC1. The van der Waals surface area contributed by atoms with E-state index in [2.05, 4.69) is 26.9 Å². The largest absolute Gasteiger partial charge is 0.381 e. The topological polar surface area (TPSA) is 48.6 Å². The van der Waals surface area contributed by atoms with E-state index in [0.717, 1.165) is 68.3 Å². The van der Waals surface area contributed by atoms with Gasteiger partial charge in [-0.25, -0.2) is 0 Å². The normalized spacial score (nSPS) is 20.7. The average Bonchev–Trinajstić information content (AvgIpc) is 3.11. The number of piperidine rings is 2. The van der Waals surface area contributed by atoms with Gasteiger partial charge in [-0.2, -0.15) is 0 Å². The van der Waals surface area contributed by atoms with Crippen LogP contribution in [0.2, 0.25) is 0 Å². The van der Waals surface area contributed by atoms with Crippen LogP contribution in [0.1, 0.15) is 31.2 Å². The van der Waals surface area contributed by atoms with Gasteiger partial charge in [-0.1, -0.05) is 18.2 Å². The summed E-state index contributed by atoms with van der Waals surface area (Å²) < 4.78 is 5.47. The quantitative estimate of drug-likeness (QED) is 0.917. The van der Waals surface area contributed by atoms with Gasteiger partial charge < -0.3 is 19.5 Å². The summed E-state index contributed by atoms with van der Waals surface area (Å²) in [5.41, 5.74) is 2.21. The lowest BCUT2D eigenvalue weighted by atomic mass is 9.98. The maximum atomic E-state index is 12.8. The number of hydrogen-bond donors (Lipinski definition) is 1. The van der Waals surface area contributed by atoms with Crippen molar-refractivity contribution in [3.8, 4) is 0 Å². The second kappa shape index (κ2) is 7.80. The third-order valence-electron chi connectivity index (χ3n) is 6.16. The molecule has 2 aliphatic rings. The molecule has 140 valence electrons. The molecule has 2 aromatic rings. The minimum absolute atomic E-state index is 0.256. The van der Waals surface area contributed by atoms with Crippen LogP contribution in [-0.2, 0) is 16.0 Å². The second-order valence-corrected chi connectivity index (χ2v) is 7.62. The van der Waals surface area contributed by atoms with Crippen LogP contribution in [0.4, 0.5) is 0 Å². The predicted molar refractivity (Wildman–Crippen MR) is 103 cm³/mol. The van der Waals surface area contributed by atoms with E-state index in [1.807, 2.05) is 25.4 Å². The Morgan fingerprint density at radius 3 is 2.58 bits per heavy atom. The van der Waals surface area contributed by atoms with Gasteiger partial charge >= 0.3 is 0 Å². The number of nitrogens with one attached hydrogen (secondary N) is 1. The van der Waals surface area contributed by atoms with Crippen molar-refractivity contribution in [1.82, 2.24) is 14.8 Å². The fourth-order valence-corrected chi connectivity index (χ4v) is 4.51. The minimum atomic E-state index is 0.256. The van der Waals surface area contributed by atoms with Crippen molar-refractivity contribution in [2.24, 2.45) is 0 Å². The molecule has 0 radical (unpaired) electrons. The lowest BCUT2D eigenvalue weighted by Crippen LogP contribution is -2.50. The number of aromatic amines is 1. The summed E-state index contributed by atoms with van der Waals surface area (Å²) in [6.07, 6.45) is 7.37. The van der Waals surface area contributed by atoms with Gasteiger partial charge in [-0.3, -0.25) is 4.79 Å². The Morgan fingerprint density at radius 2 is 1.85 bits per heavy atom. The number of likely N-dealkylation sites (tertiary alicyclic amines) is 2. The van der Waals surface area contributed by atoms with Crippen molar-refractivity contribution in [1.29, 1.82) is 0 Å². The van der Waals surface area contributed by atoms with Crippen LogP contribution >= 0.6 is 0 Å². The van der Waals surface area contributed by atoms with Gasteiger partial charge in [0.25, 0.3) is 0 Å². The maximum absolute atomic E-state index is 12.8. The molecule has 0 saturated carbocycles. The number of amides is 1. The summed E-state index contributed by atoms with van der Waals surface area (Å²) in [6.45, 7) is 4.03. The molecule has 5 nitrogen and oxygen atoms in total. The van der Waals surface area contributed by atoms with Crippen molar-refractivity contribution >= 4 is 16.8 Å². The van der Waals surface area contributed by atoms with E-state index < -0.39 is 0 Å². The molecule has 4 rings (SSSR count). The molecule has 1 aromatic carbocycles. The maximum Gasteiger partial charge on any atom is 0.227 e. The highest BCUT2D eigenvalue weighted by molar-refractivity contribution is 5.88. The highest BCUT2D eigenvalue weighted by Crippen LogP contribution is 2.23. The summed E-state index contributed by atoms with van der Waals surface area (Å²) in [4.78, 5) is 20.7. The average molecular weight is 355 g/mol. The fourth-order valence-electron chi connectivity index (χ4n) is 4.51. The zero-order valence-electron chi connectivity index (χ0n) is 15.6. The Morgan fingerprint density at radius 1 is 1.12 bits per heavy atom. The molecule has 1 amide bonds. The first-order valence-corrected chi connectivity index (χ1v) is 9.84. The molecule has 0 aliphatic carbocycles. The molecule has 0 atom stereocenters. The molecule has 0 unspecified atom stereocenters. The van der Waals surface area contributed by atoms with Crippen LogP contribution in [0.3, 0.4) is 0 Å². The predicted octanol–water partition coefficient (Wildman–Crippen LogP) is 2.81. The molecular weight excluding hydrogens is 326 g/mol. The van der Waals surface area contributed by atoms with Crippen molar-refractivity contribution in [2.45, 2.75) is 44.2 Å². The zero-order valence-corrected chi connectivity index (χ0v) is 15.6. The molecule has 3 heterocycles. The number of ether oxygens (including phenoxy) is 1. The molecule has 1 N–H and O–H groups in total. The number of hydrogen-bond acceptors (Lipinski definition) is 3. The first-order chi connectivity index (χ1) is 12.7. The molecule has 0 bridgehead atoms. The number of nitrogens with zero attached hydrogens (tertiary/aromatic N) is 2. The van der Waals surface area contributed by atoms with E-state index in [4.69, 9.17) is 4.74 Å². The van der Waals surface area contributed by atoms with Crippen molar-refractivity contribution in [3.05, 3.63) is 36.0 Å². The molecule has 2 aliphatic heterocycles. The Hall–Kier alpha value is -1.85. The van der Waals surface area contributed by atoms with E-state index in [-0.39, 0.29) is 5.91 Å². The summed E-state index contributed by atoms with van der Waals surface area (Å²) >= 11 is 0. The first kappa shape index (κ1) is 17.6. The third-order valence-corrected chi connectivity index (χ3v) is 6.16. The van der Waals surface area contributed by atoms with Crippen LogP contribution in [0.15, 0.2) is 30.5 Å². The second-order valence-electron chi connectivity index (χ2n) is 7.62. The monoisotopic (exact) mass is 355 g/mol. The van der Waals surface area contributed by atoms with Crippen LogP contribution in [0.25, 0.3) is 10.9 Å². The van der Waals surface area contributed by atoms with Gasteiger partial charge in [0, 0.05) is 56.4 Å². The summed E-state index contributed by atoms with van der Waals surface area (Å²) in [6, 6.07) is 8.82. The molecule has 2 fully saturated rings. The van der Waals surface area contributed by atoms with Crippen LogP contribution < -0.4 is 0 Å². The molecule has 5 heteroatoms. The molecule has 26 heavy (non-hydrogen) atoms. The van der Waals surface area contributed by atoms with Gasteiger partial charge in [0.1, 0.15) is 0 Å². The molecule has 2 saturated heterocycles. The van der Waals surface area contributed by atoms with Gasteiger partial charge in [0.05, 0.1) is 12.5 Å². The molecular formula is C21H29N3O2. The molecule has 0 spiro atoms. The standard InChI is InChI=1S/C21H29N3O2/c1-26-18-8-12-23(13-9-18)17-6-10-24(11-7-17)21(25)14-16-15-22-20-5-3-2-4-19(16)20/h2-5,15,17-18,22H,6-14H2,1H3. The van der Waals surface area contributed by atoms with E-state index in [9.17, 15) is 4.79 Å². The van der Waals surface area contributed by atoms with E-state index >= 15 is 0 Å². The smallest absolute Gasteiger partial charge is 0.227 e. The molecule has 1 aromatic heterocycles. The number of rotatable bonds is 4. The summed E-state index contributed by atoms with van der Waals surface area (Å²) in [7, 11) is 1.82. The fraction of sp³-hybridized carbons (Fsp3) is 0.571. The van der Waals surface area contributed by atoms with E-state index in [1.54, 1.807) is 0 Å². The van der Waals surface area contributed by atoms with Crippen LogP contribution in [0, 0.1) is 0 Å². The van der Waals surface area contributed by atoms with Gasteiger partial charge in [-0.05, 0) is 37.3 Å². The van der Waals surface area contributed by atoms with Crippen molar-refractivity contribution in [3.63, 3.8) is 0 Å². The number of fused-ring (bicyclic) bond motifs is 1. The first-order valence-electron chi connectivity index (χ1n) is 9.84. The van der Waals surface area contributed by atoms with Crippen LogP contribution in [0.5, 0.6) is 0 Å². The third kappa shape index (κ3) is 3.64. The van der Waals surface area contributed by atoms with Gasteiger partial charge in [-0.15, -0.1) is 0 Å². The van der Waals surface area contributed by atoms with Gasteiger partial charge in [0.2, 0.25) is 5.91 Å². The van der Waals surface area contributed by atoms with E-state index in [1.165, 1.54) is 0 Å². The highest BCUT2D eigenvalue weighted by atomic mass is 16.5. The number of H-pyrrole nitrogens is 1. The number of carbonyl (C=O) groups is 1. The van der Waals surface area contributed by atoms with Gasteiger partial charge in [0.15, 0.2) is 0 Å². The summed E-state index contributed by atoms with van der Waals surface area (Å²) in [5, 5.41) is 1.16. The Balaban J connectivity index is 1.30. The highest BCUT2D eigenvalue weighted by Gasteiger charge is 2.29. The minimum Gasteiger partial charge on any atom is -0.381 e. The lowest BCUT2D eigenvalue weighted by Gasteiger charge is -2.41. The number of benzene rings is 1. The number of aromatic nitrogens is 1. The Bertz CT molecular complexity index is 741. The lowest BCUT2D eigenvalue weighted by molar-refractivity contribution is -0.132.